The van der Waals surface area contributed by atoms with Gasteiger partial charge in [0.25, 0.3) is 0 Å². The van der Waals surface area contributed by atoms with Gasteiger partial charge in [-0.05, 0) is 89.0 Å². The second-order valence-electron chi connectivity index (χ2n) is 19.4. The molecule has 11 aromatic carbocycles. The Bertz CT molecular complexity index is 4990. The first kappa shape index (κ1) is 42.2. The van der Waals surface area contributed by atoms with Gasteiger partial charge in [0.2, 0.25) is 0 Å². The topological polar surface area (TPSA) is 83.0 Å². The summed E-state index contributed by atoms with van der Waals surface area (Å²) in [7, 11) is 0. The third-order valence-electron chi connectivity index (χ3n) is 15.1. The van der Waals surface area contributed by atoms with E-state index < -0.39 is 0 Å². The SMILES string of the molecule is c1ccc(-c2nc(-c3ccc4c(c3)oc3c(-c5ccccc5)cccc34)nc(-c3cccc4oc5ccc(-c6cccc7oc8c(-c9ccc%10c(c9)c9ccccc9n%10-c9ccccc9)cccc8c67)cc5c34)n2)cc1. The Morgan fingerprint density at radius 2 is 0.803 bits per heavy atom. The minimum atomic E-state index is 0.539. The van der Waals surface area contributed by atoms with Crippen LogP contribution in [-0.2, 0) is 0 Å². The van der Waals surface area contributed by atoms with Crippen molar-refractivity contribution >= 4 is 87.6 Å². The average molecular weight is 973 g/mol. The van der Waals surface area contributed by atoms with Crippen molar-refractivity contribution in [3.63, 3.8) is 0 Å². The highest BCUT2D eigenvalue weighted by Gasteiger charge is 2.22. The van der Waals surface area contributed by atoms with Gasteiger partial charge < -0.3 is 17.8 Å². The van der Waals surface area contributed by atoms with E-state index >= 15 is 0 Å². The highest BCUT2D eigenvalue weighted by atomic mass is 16.3. The zero-order valence-electron chi connectivity index (χ0n) is 40.6. The molecule has 0 fully saturated rings. The average Bonchev–Trinajstić information content (AvgIpc) is 4.33. The van der Waals surface area contributed by atoms with Crippen LogP contribution in [0.1, 0.15) is 0 Å². The number of nitrogens with zero attached hydrogens (tertiary/aromatic N) is 4. The van der Waals surface area contributed by atoms with E-state index in [1.54, 1.807) is 0 Å². The first-order chi connectivity index (χ1) is 37.7. The third-order valence-corrected chi connectivity index (χ3v) is 15.1. The van der Waals surface area contributed by atoms with E-state index in [0.717, 1.165) is 127 Å². The molecule has 0 N–H and O–H groups in total. The molecule has 0 unspecified atom stereocenters. The highest BCUT2D eigenvalue weighted by molar-refractivity contribution is 6.19. The summed E-state index contributed by atoms with van der Waals surface area (Å²) in [5.74, 6) is 1.65. The minimum Gasteiger partial charge on any atom is -0.456 e. The van der Waals surface area contributed by atoms with E-state index in [-0.39, 0.29) is 0 Å². The molecule has 0 saturated heterocycles. The Morgan fingerprint density at radius 3 is 1.62 bits per heavy atom. The van der Waals surface area contributed by atoms with Crippen LogP contribution < -0.4 is 0 Å². The lowest BCUT2D eigenvalue weighted by Crippen LogP contribution is -2.00. The van der Waals surface area contributed by atoms with Crippen molar-refractivity contribution in [3.8, 4) is 73.2 Å². The molecule has 7 heteroatoms. The number of para-hydroxylation sites is 4. The van der Waals surface area contributed by atoms with Gasteiger partial charge in [-0.2, -0.15) is 0 Å². The number of rotatable bonds is 7. The van der Waals surface area contributed by atoms with Crippen molar-refractivity contribution < 1.29 is 13.3 Å². The van der Waals surface area contributed by atoms with Gasteiger partial charge >= 0.3 is 0 Å². The molecule has 354 valence electrons. The van der Waals surface area contributed by atoms with Gasteiger partial charge in [-0.15, -0.1) is 0 Å². The first-order valence-corrected chi connectivity index (χ1v) is 25.5. The van der Waals surface area contributed by atoms with Crippen LogP contribution >= 0.6 is 0 Å². The zero-order valence-corrected chi connectivity index (χ0v) is 40.6. The monoisotopic (exact) mass is 972 g/mol. The zero-order chi connectivity index (χ0) is 49.8. The van der Waals surface area contributed by atoms with E-state index in [4.69, 9.17) is 28.2 Å². The van der Waals surface area contributed by atoms with Crippen LogP contribution in [0.15, 0.2) is 256 Å². The predicted molar refractivity (Wildman–Crippen MR) is 309 cm³/mol. The molecule has 76 heavy (non-hydrogen) atoms. The first-order valence-electron chi connectivity index (χ1n) is 25.5. The van der Waals surface area contributed by atoms with Crippen LogP contribution in [-0.4, -0.2) is 19.5 Å². The van der Waals surface area contributed by atoms with Crippen LogP contribution in [0.2, 0.25) is 0 Å². The molecule has 0 radical (unpaired) electrons. The molecule has 0 aliphatic carbocycles. The predicted octanol–water partition coefficient (Wildman–Crippen LogP) is 18.7. The van der Waals surface area contributed by atoms with Crippen LogP contribution in [0, 0.1) is 0 Å². The molecular formula is C69H40N4O3. The molecule has 16 aromatic rings. The number of fused-ring (bicyclic) bond motifs is 12. The summed E-state index contributed by atoms with van der Waals surface area (Å²) in [5.41, 5.74) is 17.2. The summed E-state index contributed by atoms with van der Waals surface area (Å²) in [4.78, 5) is 15.6. The van der Waals surface area contributed by atoms with E-state index in [0.29, 0.717) is 17.5 Å². The van der Waals surface area contributed by atoms with Crippen molar-refractivity contribution in [1.82, 2.24) is 19.5 Å². The Balaban J connectivity index is 0.832. The number of hydrogen-bond donors (Lipinski definition) is 0. The molecule has 0 spiro atoms. The molecule has 0 saturated carbocycles. The molecule has 0 atom stereocenters. The second kappa shape index (κ2) is 16.6. The smallest absolute Gasteiger partial charge is 0.164 e. The van der Waals surface area contributed by atoms with E-state index in [1.165, 1.54) is 16.3 Å². The van der Waals surface area contributed by atoms with Gasteiger partial charge in [0.05, 0.1) is 11.0 Å². The van der Waals surface area contributed by atoms with Crippen LogP contribution in [0.25, 0.3) is 161 Å². The maximum absolute atomic E-state index is 6.90. The maximum Gasteiger partial charge on any atom is 0.164 e. The normalized spacial score (nSPS) is 11.9. The number of benzene rings is 11. The molecule has 0 aliphatic rings. The standard InChI is InChI=1S/C69H40N4O3/c1-4-16-41(17-5-1)48-24-12-26-52-51-35-32-45(40-62(51)76-65(48)52)68-70-67(42-18-6-2-7-19-42)71-69(72-68)54-28-15-30-60-64(54)56-39-43(34-37-59(56)74-60)47-23-14-31-61-63(47)53-27-13-25-49(66(53)75-61)44-33-36-58-55(38-44)50-22-10-11-29-57(50)73(58)46-20-8-3-9-21-46/h1-40H. The largest absolute Gasteiger partial charge is 0.456 e. The summed E-state index contributed by atoms with van der Waals surface area (Å²) in [5, 5.41) is 8.47. The minimum absolute atomic E-state index is 0.539. The molecule has 16 rings (SSSR count). The van der Waals surface area contributed by atoms with Crippen molar-refractivity contribution in [2.45, 2.75) is 0 Å². The lowest BCUT2D eigenvalue weighted by atomic mass is 9.95. The Hall–Kier alpha value is -10.4. The summed E-state index contributed by atoms with van der Waals surface area (Å²) in [6.45, 7) is 0. The van der Waals surface area contributed by atoms with Gasteiger partial charge in [0.1, 0.15) is 33.5 Å². The molecule has 7 nitrogen and oxygen atoms in total. The summed E-state index contributed by atoms with van der Waals surface area (Å²) in [6.07, 6.45) is 0. The second-order valence-corrected chi connectivity index (χ2v) is 19.4. The number of aromatic nitrogens is 4. The van der Waals surface area contributed by atoms with Gasteiger partial charge in [-0.3, -0.25) is 0 Å². The quantitative estimate of drug-likeness (QED) is 0.158. The van der Waals surface area contributed by atoms with Crippen LogP contribution in [0.4, 0.5) is 0 Å². The molecule has 5 heterocycles. The Kier molecular flexibility index (Phi) is 9.20. The Morgan fingerprint density at radius 1 is 0.263 bits per heavy atom. The fourth-order valence-electron chi connectivity index (χ4n) is 11.6. The van der Waals surface area contributed by atoms with Crippen molar-refractivity contribution in [3.05, 3.63) is 243 Å². The molecule has 0 bridgehead atoms. The van der Waals surface area contributed by atoms with Gasteiger partial charge in [-0.1, -0.05) is 176 Å². The van der Waals surface area contributed by atoms with Crippen molar-refractivity contribution in [2.75, 3.05) is 0 Å². The highest BCUT2D eigenvalue weighted by Crippen LogP contribution is 2.45. The molecule has 0 amide bonds. The summed E-state index contributed by atoms with van der Waals surface area (Å²) < 4.78 is 22.6. The maximum atomic E-state index is 6.90. The number of furan rings is 3. The Labute approximate surface area is 434 Å². The van der Waals surface area contributed by atoms with Gasteiger partial charge in [0.15, 0.2) is 17.5 Å². The molecule has 0 aliphatic heterocycles. The van der Waals surface area contributed by atoms with E-state index in [1.807, 2.05) is 54.6 Å². The lowest BCUT2D eigenvalue weighted by molar-refractivity contribution is 0.669. The third kappa shape index (κ3) is 6.52. The van der Waals surface area contributed by atoms with Crippen LogP contribution in [0.3, 0.4) is 0 Å². The number of hydrogen-bond acceptors (Lipinski definition) is 6. The van der Waals surface area contributed by atoms with Crippen molar-refractivity contribution in [1.29, 1.82) is 0 Å². The summed E-state index contributed by atoms with van der Waals surface area (Å²) >= 11 is 0. The van der Waals surface area contributed by atoms with Crippen molar-refractivity contribution in [2.24, 2.45) is 0 Å². The van der Waals surface area contributed by atoms with Gasteiger partial charge in [-0.25, -0.2) is 15.0 Å². The van der Waals surface area contributed by atoms with Gasteiger partial charge in [0, 0.05) is 76.6 Å². The molecule has 5 aromatic heterocycles. The summed E-state index contributed by atoms with van der Waals surface area (Å²) in [6, 6.07) is 84.3. The van der Waals surface area contributed by atoms with E-state index in [9.17, 15) is 0 Å². The fourth-order valence-corrected chi connectivity index (χ4v) is 11.6. The molecular weight excluding hydrogens is 933 g/mol. The lowest BCUT2D eigenvalue weighted by Gasteiger charge is -2.09. The van der Waals surface area contributed by atoms with E-state index in [2.05, 4.69) is 193 Å². The van der Waals surface area contributed by atoms with Crippen LogP contribution in [0.5, 0.6) is 0 Å². The fraction of sp³-hybridized carbons (Fsp3) is 0.